The molecule has 0 N–H and O–H groups in total. The third-order valence-corrected chi connectivity index (χ3v) is 4.81. The highest BCUT2D eigenvalue weighted by molar-refractivity contribution is 7.98. The van der Waals surface area contributed by atoms with Crippen molar-refractivity contribution in [3.8, 4) is 0 Å². The first kappa shape index (κ1) is 13.3. The van der Waals surface area contributed by atoms with E-state index in [4.69, 9.17) is 4.98 Å². The number of hydrogen-bond acceptors (Lipinski definition) is 3. The zero-order valence-corrected chi connectivity index (χ0v) is 13.0. The fourth-order valence-corrected chi connectivity index (χ4v) is 3.47. The summed E-state index contributed by atoms with van der Waals surface area (Å²) in [6, 6.07) is 20.6. The summed E-state index contributed by atoms with van der Waals surface area (Å²) in [4.78, 5) is 9.40. The van der Waals surface area contributed by atoms with Crippen LogP contribution in [0.2, 0.25) is 0 Å². The monoisotopic (exact) mass is 305 g/mol. The first-order chi connectivity index (χ1) is 10.8. The number of thioether (sulfide) groups is 1. The van der Waals surface area contributed by atoms with Crippen LogP contribution in [0.25, 0.3) is 21.9 Å². The van der Waals surface area contributed by atoms with Crippen LogP contribution in [0, 0.1) is 0 Å². The number of aromatic nitrogens is 3. The zero-order chi connectivity index (χ0) is 14.9. The van der Waals surface area contributed by atoms with Gasteiger partial charge in [0.15, 0.2) is 5.16 Å². The van der Waals surface area contributed by atoms with Gasteiger partial charge in [0.05, 0.1) is 22.2 Å². The molecule has 0 saturated heterocycles. The van der Waals surface area contributed by atoms with Crippen LogP contribution in [0.4, 0.5) is 0 Å². The standard InChI is InChI=1S/C18H15N3S/c1-21-17-9-5-4-8-16(17)20-18(21)22-12-14-11-10-13-6-2-3-7-15(13)19-14/h2-11H,12H2,1H3. The van der Waals surface area contributed by atoms with E-state index in [1.807, 2.05) is 30.3 Å². The van der Waals surface area contributed by atoms with Crippen LogP contribution >= 0.6 is 11.8 Å². The third kappa shape index (κ3) is 2.35. The van der Waals surface area contributed by atoms with E-state index in [1.54, 1.807) is 11.8 Å². The SMILES string of the molecule is Cn1c(SCc2ccc3ccccc3n2)nc2ccccc21. The molecule has 22 heavy (non-hydrogen) atoms. The Hall–Kier alpha value is -2.33. The highest BCUT2D eigenvalue weighted by Crippen LogP contribution is 2.25. The lowest BCUT2D eigenvalue weighted by molar-refractivity contribution is 0.814. The van der Waals surface area contributed by atoms with Crippen LogP contribution in [0.5, 0.6) is 0 Å². The Bertz CT molecular complexity index is 959. The summed E-state index contributed by atoms with van der Waals surface area (Å²) in [6.07, 6.45) is 0. The van der Waals surface area contributed by atoms with Gasteiger partial charge in [0, 0.05) is 18.2 Å². The number of aryl methyl sites for hydroxylation is 1. The molecule has 4 heteroatoms. The predicted octanol–water partition coefficient (Wildman–Crippen LogP) is 4.41. The maximum atomic E-state index is 4.72. The Kier molecular flexibility index (Phi) is 3.31. The Morgan fingerprint density at radius 2 is 1.64 bits per heavy atom. The van der Waals surface area contributed by atoms with Crippen LogP contribution in [0.3, 0.4) is 0 Å². The average molecular weight is 305 g/mol. The number of rotatable bonds is 3. The third-order valence-electron chi connectivity index (χ3n) is 3.75. The second-order valence-electron chi connectivity index (χ2n) is 5.23. The first-order valence-corrected chi connectivity index (χ1v) is 8.19. The van der Waals surface area contributed by atoms with Crippen molar-refractivity contribution in [2.24, 2.45) is 7.05 Å². The summed E-state index contributed by atoms with van der Waals surface area (Å²) >= 11 is 1.72. The van der Waals surface area contributed by atoms with Crippen LogP contribution in [-0.4, -0.2) is 14.5 Å². The molecule has 0 saturated carbocycles. The topological polar surface area (TPSA) is 30.7 Å². The minimum absolute atomic E-state index is 0.821. The van der Waals surface area contributed by atoms with Crippen molar-refractivity contribution in [3.63, 3.8) is 0 Å². The molecule has 2 aromatic carbocycles. The summed E-state index contributed by atoms with van der Waals surface area (Å²) in [6.45, 7) is 0. The molecule has 0 radical (unpaired) electrons. The molecule has 2 heterocycles. The van der Waals surface area contributed by atoms with Crippen molar-refractivity contribution in [2.45, 2.75) is 10.9 Å². The van der Waals surface area contributed by atoms with Crippen LogP contribution in [0.1, 0.15) is 5.69 Å². The molecule has 108 valence electrons. The van der Waals surface area contributed by atoms with E-state index in [1.165, 1.54) is 5.39 Å². The number of pyridine rings is 1. The molecule has 4 aromatic rings. The molecule has 0 aliphatic rings. The van der Waals surface area contributed by atoms with Gasteiger partial charge in [-0.25, -0.2) is 4.98 Å². The Morgan fingerprint density at radius 3 is 2.50 bits per heavy atom. The van der Waals surface area contributed by atoms with Crippen LogP contribution in [-0.2, 0) is 12.8 Å². The van der Waals surface area contributed by atoms with E-state index in [0.29, 0.717) is 0 Å². The number of nitrogens with zero attached hydrogens (tertiary/aromatic N) is 3. The minimum atomic E-state index is 0.821. The molecule has 0 amide bonds. The molecule has 0 unspecified atom stereocenters. The van der Waals surface area contributed by atoms with Crippen molar-refractivity contribution in [1.29, 1.82) is 0 Å². The van der Waals surface area contributed by atoms with E-state index in [2.05, 4.69) is 46.9 Å². The highest BCUT2D eigenvalue weighted by Gasteiger charge is 2.08. The summed E-state index contributed by atoms with van der Waals surface area (Å²) in [5, 5.41) is 2.20. The van der Waals surface area contributed by atoms with E-state index >= 15 is 0 Å². The average Bonchev–Trinajstić information content (AvgIpc) is 2.89. The molecular formula is C18H15N3S. The Balaban J connectivity index is 1.61. The minimum Gasteiger partial charge on any atom is -0.322 e. The smallest absolute Gasteiger partial charge is 0.169 e. The molecule has 0 spiro atoms. The van der Waals surface area contributed by atoms with Crippen LogP contribution < -0.4 is 0 Å². The second kappa shape index (κ2) is 5.46. The van der Waals surface area contributed by atoms with Crippen molar-refractivity contribution < 1.29 is 0 Å². The van der Waals surface area contributed by atoms with Gasteiger partial charge in [0.2, 0.25) is 0 Å². The molecule has 2 aromatic heterocycles. The largest absolute Gasteiger partial charge is 0.322 e. The molecule has 0 aliphatic carbocycles. The van der Waals surface area contributed by atoms with Crippen molar-refractivity contribution >= 4 is 33.7 Å². The van der Waals surface area contributed by atoms with Crippen molar-refractivity contribution in [3.05, 3.63) is 66.4 Å². The number of fused-ring (bicyclic) bond motifs is 2. The summed E-state index contributed by atoms with van der Waals surface area (Å²) in [7, 11) is 2.06. The zero-order valence-electron chi connectivity index (χ0n) is 12.2. The molecule has 0 aliphatic heterocycles. The summed E-state index contributed by atoms with van der Waals surface area (Å²) < 4.78 is 2.14. The number of benzene rings is 2. The van der Waals surface area contributed by atoms with E-state index in [0.717, 1.165) is 33.2 Å². The second-order valence-corrected chi connectivity index (χ2v) is 6.17. The lowest BCUT2D eigenvalue weighted by atomic mass is 10.2. The van der Waals surface area contributed by atoms with Gasteiger partial charge in [-0.3, -0.25) is 4.98 Å². The molecule has 3 nitrogen and oxygen atoms in total. The molecule has 0 atom stereocenters. The van der Waals surface area contributed by atoms with Gasteiger partial charge in [-0.15, -0.1) is 0 Å². The normalized spacial score (nSPS) is 11.3. The maximum Gasteiger partial charge on any atom is 0.169 e. The van der Waals surface area contributed by atoms with E-state index in [9.17, 15) is 0 Å². The Morgan fingerprint density at radius 1 is 0.864 bits per heavy atom. The summed E-state index contributed by atoms with van der Waals surface area (Å²) in [5.41, 5.74) is 4.33. The van der Waals surface area contributed by atoms with Gasteiger partial charge in [0.1, 0.15) is 0 Å². The fraction of sp³-hybridized carbons (Fsp3) is 0.111. The predicted molar refractivity (Wildman–Crippen MR) is 92.0 cm³/mol. The van der Waals surface area contributed by atoms with Gasteiger partial charge in [-0.05, 0) is 24.3 Å². The van der Waals surface area contributed by atoms with Crippen molar-refractivity contribution in [1.82, 2.24) is 14.5 Å². The Labute approximate surface area is 133 Å². The van der Waals surface area contributed by atoms with Gasteiger partial charge < -0.3 is 4.57 Å². The molecular weight excluding hydrogens is 290 g/mol. The van der Waals surface area contributed by atoms with Crippen LogP contribution in [0.15, 0.2) is 65.8 Å². The first-order valence-electron chi connectivity index (χ1n) is 7.20. The lowest BCUT2D eigenvalue weighted by Crippen LogP contribution is -1.93. The van der Waals surface area contributed by atoms with Gasteiger partial charge >= 0.3 is 0 Å². The van der Waals surface area contributed by atoms with Gasteiger partial charge in [-0.1, -0.05) is 48.2 Å². The lowest BCUT2D eigenvalue weighted by Gasteiger charge is -2.03. The molecule has 4 rings (SSSR count). The number of para-hydroxylation sites is 3. The van der Waals surface area contributed by atoms with E-state index in [-0.39, 0.29) is 0 Å². The van der Waals surface area contributed by atoms with Crippen molar-refractivity contribution in [2.75, 3.05) is 0 Å². The maximum absolute atomic E-state index is 4.72. The fourth-order valence-electron chi connectivity index (χ4n) is 2.58. The summed E-state index contributed by atoms with van der Waals surface area (Å²) in [5.74, 6) is 0.821. The van der Waals surface area contributed by atoms with E-state index < -0.39 is 0 Å². The number of hydrogen-bond donors (Lipinski definition) is 0. The number of imidazole rings is 1. The molecule has 0 bridgehead atoms. The van der Waals surface area contributed by atoms with Gasteiger partial charge in [0.25, 0.3) is 0 Å². The quantitative estimate of drug-likeness (QED) is 0.525. The highest BCUT2D eigenvalue weighted by atomic mass is 32.2. The van der Waals surface area contributed by atoms with Gasteiger partial charge in [-0.2, -0.15) is 0 Å². The molecule has 0 fully saturated rings.